The van der Waals surface area contributed by atoms with E-state index in [-0.39, 0.29) is 16.9 Å². The minimum absolute atomic E-state index is 0.108. The number of nitrogens with one attached hydrogen (secondary N) is 1. The minimum Gasteiger partial charge on any atom is -0.495 e. The standard InChI is InChI=1S/C26H25NO5/c1-16-9-12-23(31-4)22(13-16)27-24(28)15-32-26(30)21-8-6-5-7-20(21)25(29)19-11-10-17(2)18(3)14-19/h5-14H,15H2,1-4H3,(H,27,28). The lowest BCUT2D eigenvalue weighted by molar-refractivity contribution is -0.119. The van der Waals surface area contributed by atoms with E-state index in [9.17, 15) is 14.4 Å². The van der Waals surface area contributed by atoms with Crippen molar-refractivity contribution in [1.29, 1.82) is 0 Å². The first-order chi connectivity index (χ1) is 15.3. The molecule has 0 fully saturated rings. The van der Waals surface area contributed by atoms with Gasteiger partial charge in [-0.05, 0) is 61.7 Å². The van der Waals surface area contributed by atoms with Crippen LogP contribution in [-0.2, 0) is 9.53 Å². The third kappa shape index (κ3) is 5.21. The summed E-state index contributed by atoms with van der Waals surface area (Å²) in [6.07, 6.45) is 0. The van der Waals surface area contributed by atoms with E-state index >= 15 is 0 Å². The molecular weight excluding hydrogens is 406 g/mol. The lowest BCUT2D eigenvalue weighted by atomic mass is 9.96. The molecule has 6 nitrogen and oxygen atoms in total. The highest BCUT2D eigenvalue weighted by Gasteiger charge is 2.20. The molecule has 0 aliphatic heterocycles. The van der Waals surface area contributed by atoms with Gasteiger partial charge < -0.3 is 14.8 Å². The summed E-state index contributed by atoms with van der Waals surface area (Å²) in [5.74, 6) is -1.04. The third-order valence-electron chi connectivity index (χ3n) is 5.12. The Labute approximate surface area is 187 Å². The second-order valence-electron chi connectivity index (χ2n) is 7.50. The van der Waals surface area contributed by atoms with Crippen LogP contribution in [0.3, 0.4) is 0 Å². The number of hydrogen-bond acceptors (Lipinski definition) is 5. The number of methoxy groups -OCH3 is 1. The molecule has 0 saturated carbocycles. The van der Waals surface area contributed by atoms with Crippen molar-refractivity contribution < 1.29 is 23.9 Å². The predicted octanol–water partition coefficient (Wildman–Crippen LogP) is 4.65. The fraction of sp³-hybridized carbons (Fsp3) is 0.192. The molecular formula is C26H25NO5. The molecule has 0 aliphatic carbocycles. The number of ether oxygens (including phenoxy) is 2. The quantitative estimate of drug-likeness (QED) is 0.435. The molecule has 1 amide bonds. The van der Waals surface area contributed by atoms with Crippen LogP contribution < -0.4 is 10.1 Å². The van der Waals surface area contributed by atoms with Crippen LogP contribution in [0.4, 0.5) is 5.69 Å². The first kappa shape index (κ1) is 22.7. The van der Waals surface area contributed by atoms with Gasteiger partial charge in [0.1, 0.15) is 5.75 Å². The topological polar surface area (TPSA) is 81.7 Å². The normalized spacial score (nSPS) is 10.4. The summed E-state index contributed by atoms with van der Waals surface area (Å²) in [6, 6.07) is 17.2. The predicted molar refractivity (Wildman–Crippen MR) is 122 cm³/mol. The number of anilines is 1. The summed E-state index contributed by atoms with van der Waals surface area (Å²) in [7, 11) is 1.50. The van der Waals surface area contributed by atoms with E-state index in [0.29, 0.717) is 17.0 Å². The molecule has 0 atom stereocenters. The van der Waals surface area contributed by atoms with Crippen molar-refractivity contribution in [3.05, 3.63) is 94.0 Å². The second kappa shape index (κ2) is 9.92. The van der Waals surface area contributed by atoms with Crippen LogP contribution in [0.1, 0.15) is 43.0 Å². The van der Waals surface area contributed by atoms with Crippen molar-refractivity contribution in [3.63, 3.8) is 0 Å². The zero-order chi connectivity index (χ0) is 23.3. The van der Waals surface area contributed by atoms with E-state index in [0.717, 1.165) is 16.7 Å². The summed E-state index contributed by atoms with van der Waals surface area (Å²) >= 11 is 0. The molecule has 3 rings (SSSR count). The number of aryl methyl sites for hydroxylation is 3. The van der Waals surface area contributed by atoms with Gasteiger partial charge in [-0.3, -0.25) is 9.59 Å². The largest absolute Gasteiger partial charge is 0.495 e. The van der Waals surface area contributed by atoms with E-state index in [1.165, 1.54) is 13.2 Å². The molecule has 1 N–H and O–H groups in total. The Morgan fingerprint density at radius 1 is 0.844 bits per heavy atom. The van der Waals surface area contributed by atoms with E-state index < -0.39 is 18.5 Å². The molecule has 164 valence electrons. The smallest absolute Gasteiger partial charge is 0.339 e. The molecule has 0 aliphatic rings. The zero-order valence-corrected chi connectivity index (χ0v) is 18.5. The molecule has 3 aromatic carbocycles. The maximum Gasteiger partial charge on any atom is 0.339 e. The van der Waals surface area contributed by atoms with E-state index in [4.69, 9.17) is 9.47 Å². The fourth-order valence-corrected chi connectivity index (χ4v) is 3.21. The van der Waals surface area contributed by atoms with Crippen LogP contribution in [-0.4, -0.2) is 31.4 Å². The average Bonchev–Trinajstić information content (AvgIpc) is 2.79. The molecule has 0 spiro atoms. The van der Waals surface area contributed by atoms with Gasteiger partial charge in [0.05, 0.1) is 18.4 Å². The molecule has 0 aromatic heterocycles. The van der Waals surface area contributed by atoms with Crippen LogP contribution in [0.15, 0.2) is 60.7 Å². The first-order valence-corrected chi connectivity index (χ1v) is 10.1. The molecule has 0 heterocycles. The van der Waals surface area contributed by atoms with E-state index in [1.807, 2.05) is 32.9 Å². The number of carbonyl (C=O) groups is 3. The highest BCUT2D eigenvalue weighted by Crippen LogP contribution is 2.25. The van der Waals surface area contributed by atoms with Gasteiger partial charge in [-0.25, -0.2) is 4.79 Å². The van der Waals surface area contributed by atoms with E-state index in [2.05, 4.69) is 5.32 Å². The summed E-state index contributed by atoms with van der Waals surface area (Å²) in [6.45, 7) is 5.28. The maximum atomic E-state index is 13.0. The Bertz CT molecular complexity index is 1180. The van der Waals surface area contributed by atoms with Crippen molar-refractivity contribution in [2.45, 2.75) is 20.8 Å². The van der Waals surface area contributed by atoms with Crippen LogP contribution in [0.2, 0.25) is 0 Å². The number of amides is 1. The molecule has 3 aromatic rings. The van der Waals surface area contributed by atoms with Gasteiger partial charge in [-0.15, -0.1) is 0 Å². The van der Waals surface area contributed by atoms with Gasteiger partial charge in [0.15, 0.2) is 12.4 Å². The van der Waals surface area contributed by atoms with Crippen molar-refractivity contribution in [3.8, 4) is 5.75 Å². The Balaban J connectivity index is 1.72. The van der Waals surface area contributed by atoms with Crippen molar-refractivity contribution in [2.75, 3.05) is 19.0 Å². The highest BCUT2D eigenvalue weighted by atomic mass is 16.5. The van der Waals surface area contributed by atoms with Crippen molar-refractivity contribution >= 4 is 23.3 Å². The van der Waals surface area contributed by atoms with Crippen molar-refractivity contribution in [1.82, 2.24) is 0 Å². The van der Waals surface area contributed by atoms with Crippen LogP contribution in [0.25, 0.3) is 0 Å². The summed E-state index contributed by atoms with van der Waals surface area (Å²) in [5, 5.41) is 2.68. The number of benzene rings is 3. The Hall–Kier alpha value is -3.93. The van der Waals surface area contributed by atoms with E-state index in [1.54, 1.807) is 42.5 Å². The third-order valence-corrected chi connectivity index (χ3v) is 5.12. The minimum atomic E-state index is -0.746. The van der Waals surface area contributed by atoms with Crippen molar-refractivity contribution in [2.24, 2.45) is 0 Å². The molecule has 0 unspecified atom stereocenters. The monoisotopic (exact) mass is 431 g/mol. The summed E-state index contributed by atoms with van der Waals surface area (Å²) < 4.78 is 10.4. The molecule has 32 heavy (non-hydrogen) atoms. The molecule has 0 saturated heterocycles. The van der Waals surface area contributed by atoms with Crippen LogP contribution in [0.5, 0.6) is 5.75 Å². The van der Waals surface area contributed by atoms with Crippen LogP contribution in [0, 0.1) is 20.8 Å². The summed E-state index contributed by atoms with van der Waals surface area (Å²) in [4.78, 5) is 38.0. The van der Waals surface area contributed by atoms with Gasteiger partial charge >= 0.3 is 5.97 Å². The van der Waals surface area contributed by atoms with Gasteiger partial charge in [0.2, 0.25) is 0 Å². The molecule has 0 bridgehead atoms. The zero-order valence-electron chi connectivity index (χ0n) is 18.5. The number of carbonyl (C=O) groups excluding carboxylic acids is 3. The summed E-state index contributed by atoms with van der Waals surface area (Å²) in [5.41, 5.74) is 4.30. The number of rotatable bonds is 7. The van der Waals surface area contributed by atoms with Gasteiger partial charge in [0.25, 0.3) is 5.91 Å². The van der Waals surface area contributed by atoms with Gasteiger partial charge in [0, 0.05) is 11.1 Å². The lowest BCUT2D eigenvalue weighted by Crippen LogP contribution is -2.22. The second-order valence-corrected chi connectivity index (χ2v) is 7.50. The maximum absolute atomic E-state index is 13.0. The van der Waals surface area contributed by atoms with Gasteiger partial charge in [-0.1, -0.05) is 36.4 Å². The first-order valence-electron chi connectivity index (χ1n) is 10.1. The molecule has 6 heteroatoms. The number of hydrogen-bond donors (Lipinski definition) is 1. The molecule has 0 radical (unpaired) electrons. The Morgan fingerprint density at radius 3 is 2.25 bits per heavy atom. The lowest BCUT2D eigenvalue weighted by Gasteiger charge is -2.12. The Morgan fingerprint density at radius 2 is 1.56 bits per heavy atom. The average molecular weight is 431 g/mol. The SMILES string of the molecule is COc1ccc(C)cc1NC(=O)COC(=O)c1ccccc1C(=O)c1ccc(C)c(C)c1. The number of ketones is 1. The fourth-order valence-electron chi connectivity index (χ4n) is 3.21. The van der Waals surface area contributed by atoms with Gasteiger partial charge in [-0.2, -0.15) is 0 Å². The Kier molecular flexibility index (Phi) is 7.05. The number of esters is 1. The highest BCUT2D eigenvalue weighted by molar-refractivity contribution is 6.14. The van der Waals surface area contributed by atoms with Crippen LogP contribution >= 0.6 is 0 Å².